The van der Waals surface area contributed by atoms with Crippen molar-refractivity contribution < 1.29 is 4.39 Å². The first-order valence-electron chi connectivity index (χ1n) is 7.17. The van der Waals surface area contributed by atoms with Crippen LogP contribution >= 0.6 is 11.6 Å². The number of nitrogens with zero attached hydrogens (tertiary/aromatic N) is 2. The van der Waals surface area contributed by atoms with E-state index in [1.807, 2.05) is 24.6 Å². The lowest BCUT2D eigenvalue weighted by atomic mass is 10.1. The topological polar surface area (TPSA) is 29.9 Å². The van der Waals surface area contributed by atoms with E-state index in [9.17, 15) is 4.39 Å². The minimum Gasteiger partial charge on any atom is -0.310 e. The summed E-state index contributed by atoms with van der Waals surface area (Å²) < 4.78 is 15.4. The minimum absolute atomic E-state index is 0.0946. The lowest BCUT2D eigenvalue weighted by Gasteiger charge is -2.15. The van der Waals surface area contributed by atoms with Gasteiger partial charge in [-0.3, -0.25) is 4.68 Å². The fourth-order valence-corrected chi connectivity index (χ4v) is 2.47. The summed E-state index contributed by atoms with van der Waals surface area (Å²) in [4.78, 5) is 0. The Morgan fingerprint density at radius 2 is 2.10 bits per heavy atom. The molecule has 21 heavy (non-hydrogen) atoms. The fraction of sp³-hybridized carbons (Fsp3) is 0.438. The Bertz CT molecular complexity index is 610. The average Bonchev–Trinajstić information content (AvgIpc) is 2.76. The molecule has 0 radical (unpaired) electrons. The molecule has 0 aliphatic rings. The lowest BCUT2D eigenvalue weighted by molar-refractivity contribution is 0.499. The molecule has 0 fully saturated rings. The predicted octanol–water partition coefficient (Wildman–Crippen LogP) is 4.03. The van der Waals surface area contributed by atoms with Crippen LogP contribution in [0.15, 0.2) is 24.3 Å². The molecule has 114 valence electrons. The maximum absolute atomic E-state index is 13.4. The van der Waals surface area contributed by atoms with Gasteiger partial charge >= 0.3 is 0 Å². The van der Waals surface area contributed by atoms with Gasteiger partial charge < -0.3 is 5.32 Å². The largest absolute Gasteiger partial charge is 0.310 e. The molecule has 1 aromatic carbocycles. The SMILES string of the molecule is Cc1cc(C)n(CCCNC(C)c2ccc(Cl)c(F)c2)n1. The third-order valence-corrected chi connectivity index (χ3v) is 3.85. The second kappa shape index (κ2) is 7.05. The number of benzene rings is 1. The highest BCUT2D eigenvalue weighted by molar-refractivity contribution is 6.30. The minimum atomic E-state index is -0.370. The normalized spacial score (nSPS) is 12.6. The van der Waals surface area contributed by atoms with E-state index in [-0.39, 0.29) is 16.9 Å². The summed E-state index contributed by atoms with van der Waals surface area (Å²) in [5.74, 6) is -0.370. The first kappa shape index (κ1) is 16.0. The van der Waals surface area contributed by atoms with Gasteiger partial charge in [0.25, 0.3) is 0 Å². The molecule has 2 rings (SSSR count). The second-order valence-electron chi connectivity index (χ2n) is 5.35. The number of aromatic nitrogens is 2. The Morgan fingerprint density at radius 1 is 1.33 bits per heavy atom. The third-order valence-electron chi connectivity index (χ3n) is 3.54. The molecule has 1 atom stereocenters. The van der Waals surface area contributed by atoms with E-state index in [0.29, 0.717) is 0 Å². The molecule has 2 aromatic rings. The van der Waals surface area contributed by atoms with E-state index in [0.717, 1.165) is 30.8 Å². The van der Waals surface area contributed by atoms with Gasteiger partial charge in [0.1, 0.15) is 5.82 Å². The van der Waals surface area contributed by atoms with Gasteiger partial charge in [-0.05, 0) is 57.5 Å². The fourth-order valence-electron chi connectivity index (χ4n) is 2.35. The first-order valence-corrected chi connectivity index (χ1v) is 7.54. The summed E-state index contributed by atoms with van der Waals surface area (Å²) >= 11 is 5.69. The van der Waals surface area contributed by atoms with Crippen molar-refractivity contribution in [1.29, 1.82) is 0 Å². The number of halogens is 2. The molecule has 0 spiro atoms. The second-order valence-corrected chi connectivity index (χ2v) is 5.76. The van der Waals surface area contributed by atoms with E-state index < -0.39 is 0 Å². The number of rotatable bonds is 6. The lowest BCUT2D eigenvalue weighted by Crippen LogP contribution is -2.21. The first-order chi connectivity index (χ1) is 9.97. The van der Waals surface area contributed by atoms with Crippen LogP contribution < -0.4 is 5.32 Å². The maximum Gasteiger partial charge on any atom is 0.142 e. The quantitative estimate of drug-likeness (QED) is 0.816. The summed E-state index contributed by atoms with van der Waals surface area (Å²) in [7, 11) is 0. The van der Waals surface area contributed by atoms with Crippen LogP contribution in [-0.2, 0) is 6.54 Å². The van der Waals surface area contributed by atoms with Crippen molar-refractivity contribution in [2.45, 2.75) is 39.8 Å². The van der Waals surface area contributed by atoms with Crippen LogP contribution in [0.5, 0.6) is 0 Å². The Hall–Kier alpha value is -1.39. The number of hydrogen-bond donors (Lipinski definition) is 1. The van der Waals surface area contributed by atoms with E-state index >= 15 is 0 Å². The van der Waals surface area contributed by atoms with Crippen molar-refractivity contribution in [3.8, 4) is 0 Å². The number of nitrogens with one attached hydrogen (secondary N) is 1. The van der Waals surface area contributed by atoms with Crippen LogP contribution in [0.4, 0.5) is 4.39 Å². The van der Waals surface area contributed by atoms with Crippen LogP contribution in [0.2, 0.25) is 5.02 Å². The molecule has 1 aromatic heterocycles. The van der Waals surface area contributed by atoms with E-state index in [1.165, 1.54) is 11.8 Å². The van der Waals surface area contributed by atoms with Gasteiger partial charge in [0, 0.05) is 18.3 Å². The van der Waals surface area contributed by atoms with E-state index in [4.69, 9.17) is 11.6 Å². The molecule has 1 heterocycles. The smallest absolute Gasteiger partial charge is 0.142 e. The van der Waals surface area contributed by atoms with Crippen LogP contribution in [0.25, 0.3) is 0 Å². The Kier molecular flexibility index (Phi) is 5.37. The number of hydrogen-bond acceptors (Lipinski definition) is 2. The summed E-state index contributed by atoms with van der Waals surface area (Å²) in [6.07, 6.45) is 0.975. The zero-order chi connectivity index (χ0) is 15.4. The molecular formula is C16H21ClFN3. The van der Waals surface area contributed by atoms with Crippen molar-refractivity contribution in [1.82, 2.24) is 15.1 Å². The van der Waals surface area contributed by atoms with E-state index in [1.54, 1.807) is 6.07 Å². The molecule has 1 N–H and O–H groups in total. The Morgan fingerprint density at radius 3 is 2.71 bits per heavy atom. The summed E-state index contributed by atoms with van der Waals surface area (Å²) in [5.41, 5.74) is 3.13. The van der Waals surface area contributed by atoms with Crippen LogP contribution in [-0.4, -0.2) is 16.3 Å². The third kappa shape index (κ3) is 4.29. The molecular weight excluding hydrogens is 289 g/mol. The van der Waals surface area contributed by atoms with Gasteiger partial charge in [-0.15, -0.1) is 0 Å². The van der Waals surface area contributed by atoms with Crippen LogP contribution in [0, 0.1) is 19.7 Å². The zero-order valence-corrected chi connectivity index (χ0v) is 13.4. The van der Waals surface area contributed by atoms with Gasteiger partial charge in [0.05, 0.1) is 10.7 Å². The molecule has 0 amide bonds. The summed E-state index contributed by atoms with van der Waals surface area (Å²) in [6, 6.07) is 7.11. The van der Waals surface area contributed by atoms with Crippen LogP contribution in [0.3, 0.4) is 0 Å². The monoisotopic (exact) mass is 309 g/mol. The van der Waals surface area contributed by atoms with Gasteiger partial charge in [-0.1, -0.05) is 17.7 Å². The highest BCUT2D eigenvalue weighted by atomic mass is 35.5. The Labute approximate surface area is 130 Å². The van der Waals surface area contributed by atoms with Crippen molar-refractivity contribution in [2.75, 3.05) is 6.54 Å². The molecule has 0 saturated heterocycles. The molecule has 0 aliphatic carbocycles. The van der Waals surface area contributed by atoms with Crippen LogP contribution in [0.1, 0.15) is 36.3 Å². The molecule has 0 aliphatic heterocycles. The van der Waals surface area contributed by atoms with E-state index in [2.05, 4.69) is 23.4 Å². The Balaban J connectivity index is 1.80. The van der Waals surface area contributed by atoms with Crippen molar-refractivity contribution in [2.24, 2.45) is 0 Å². The van der Waals surface area contributed by atoms with Gasteiger partial charge in [-0.25, -0.2) is 4.39 Å². The van der Waals surface area contributed by atoms with Crippen molar-refractivity contribution in [3.63, 3.8) is 0 Å². The molecule has 1 unspecified atom stereocenters. The molecule has 0 saturated carbocycles. The van der Waals surface area contributed by atoms with Gasteiger partial charge in [0.15, 0.2) is 0 Å². The molecule has 3 nitrogen and oxygen atoms in total. The standard InChI is InChI=1S/C16H21ClFN3/c1-11-9-12(2)21(20-11)8-4-7-19-13(3)14-5-6-15(17)16(18)10-14/h5-6,9-10,13,19H,4,7-8H2,1-3H3. The summed E-state index contributed by atoms with van der Waals surface area (Å²) in [5, 5.41) is 7.98. The summed E-state index contributed by atoms with van der Waals surface area (Å²) in [6.45, 7) is 7.82. The number of aryl methyl sites for hydroxylation is 3. The van der Waals surface area contributed by atoms with Crippen molar-refractivity contribution >= 4 is 11.6 Å². The van der Waals surface area contributed by atoms with Crippen molar-refractivity contribution in [3.05, 3.63) is 52.1 Å². The predicted molar refractivity (Wildman–Crippen MR) is 84.1 cm³/mol. The molecule has 5 heteroatoms. The average molecular weight is 310 g/mol. The van der Waals surface area contributed by atoms with Gasteiger partial charge in [0.2, 0.25) is 0 Å². The zero-order valence-electron chi connectivity index (χ0n) is 12.7. The van der Waals surface area contributed by atoms with Gasteiger partial charge in [-0.2, -0.15) is 5.10 Å². The maximum atomic E-state index is 13.4. The highest BCUT2D eigenvalue weighted by Gasteiger charge is 2.08. The highest BCUT2D eigenvalue weighted by Crippen LogP contribution is 2.20. The molecule has 0 bridgehead atoms.